The molecule has 6 nitrogen and oxygen atoms in total. The highest BCUT2D eigenvalue weighted by molar-refractivity contribution is 7.10. The van der Waals surface area contributed by atoms with Gasteiger partial charge in [0.1, 0.15) is 24.7 Å². The molecule has 1 aliphatic heterocycles. The van der Waals surface area contributed by atoms with Crippen LogP contribution in [0, 0.1) is 5.82 Å². The van der Waals surface area contributed by atoms with Crippen molar-refractivity contribution >= 4 is 34.8 Å². The van der Waals surface area contributed by atoms with E-state index in [1.165, 1.54) is 17.0 Å². The van der Waals surface area contributed by atoms with E-state index in [-0.39, 0.29) is 36.8 Å². The Morgan fingerprint density at radius 2 is 2.03 bits per heavy atom. The number of hydrogen-bond donors (Lipinski definition) is 0. The van der Waals surface area contributed by atoms with Crippen LogP contribution in [-0.4, -0.2) is 61.6 Å². The third kappa shape index (κ3) is 6.43. The third-order valence-electron chi connectivity index (χ3n) is 6.08. The van der Waals surface area contributed by atoms with Crippen LogP contribution in [0.4, 0.5) is 4.39 Å². The van der Waals surface area contributed by atoms with E-state index >= 15 is 0 Å². The summed E-state index contributed by atoms with van der Waals surface area (Å²) in [6.45, 7) is 1.46. The molecule has 0 N–H and O–H groups in total. The number of hydrogen-bond acceptors (Lipinski definition) is 5. The van der Waals surface area contributed by atoms with Gasteiger partial charge < -0.3 is 19.3 Å². The number of benzene rings is 2. The van der Waals surface area contributed by atoms with Crippen LogP contribution in [0.15, 0.2) is 60.0 Å². The lowest BCUT2D eigenvalue weighted by Gasteiger charge is -2.37. The number of nitrogens with zero attached hydrogens (tertiary/aromatic N) is 2. The minimum atomic E-state index is -0.383. The molecule has 1 aromatic heterocycles. The molecule has 190 valence electrons. The van der Waals surface area contributed by atoms with Crippen LogP contribution in [0.3, 0.4) is 0 Å². The summed E-state index contributed by atoms with van der Waals surface area (Å²) in [6, 6.07) is 14.3. The van der Waals surface area contributed by atoms with Crippen LogP contribution in [0.2, 0.25) is 5.02 Å². The van der Waals surface area contributed by atoms with Crippen LogP contribution in [0.1, 0.15) is 33.3 Å². The van der Waals surface area contributed by atoms with E-state index in [4.69, 9.17) is 21.1 Å². The number of rotatable bonds is 10. The Morgan fingerprint density at radius 1 is 1.19 bits per heavy atom. The molecule has 2 aromatic carbocycles. The van der Waals surface area contributed by atoms with Gasteiger partial charge in [-0.3, -0.25) is 9.59 Å². The van der Waals surface area contributed by atoms with Crippen molar-refractivity contribution in [1.29, 1.82) is 0 Å². The molecule has 36 heavy (non-hydrogen) atoms. The van der Waals surface area contributed by atoms with E-state index in [1.54, 1.807) is 64.6 Å². The van der Waals surface area contributed by atoms with Gasteiger partial charge in [-0.2, -0.15) is 0 Å². The Hall–Kier alpha value is -2.94. The second kappa shape index (κ2) is 12.3. The molecule has 0 saturated carbocycles. The SMILES string of the molecule is COCCCN(CC(=O)N1CCc2sccc2[C@@H]1COc1cccc(F)c1)C(=O)c1cccc(Cl)c1. The Bertz CT molecular complexity index is 1200. The van der Waals surface area contributed by atoms with Crippen LogP contribution < -0.4 is 4.74 Å². The minimum absolute atomic E-state index is 0.0784. The summed E-state index contributed by atoms with van der Waals surface area (Å²) in [5.41, 5.74) is 1.46. The molecule has 0 saturated heterocycles. The Balaban J connectivity index is 1.52. The van der Waals surface area contributed by atoms with E-state index < -0.39 is 0 Å². The predicted octanol–water partition coefficient (Wildman–Crippen LogP) is 5.22. The summed E-state index contributed by atoms with van der Waals surface area (Å²) >= 11 is 7.75. The second-order valence-corrected chi connectivity index (χ2v) is 9.94. The molecule has 2 heterocycles. The quantitative estimate of drug-likeness (QED) is 0.337. The lowest BCUT2D eigenvalue weighted by atomic mass is 10.0. The van der Waals surface area contributed by atoms with Gasteiger partial charge in [0.05, 0.1) is 6.04 Å². The summed E-state index contributed by atoms with van der Waals surface area (Å²) < 4.78 is 24.7. The van der Waals surface area contributed by atoms with E-state index in [9.17, 15) is 14.0 Å². The maximum atomic E-state index is 13.6. The topological polar surface area (TPSA) is 59.1 Å². The van der Waals surface area contributed by atoms with E-state index in [2.05, 4.69) is 0 Å². The van der Waals surface area contributed by atoms with Crippen molar-refractivity contribution in [3.05, 3.63) is 86.8 Å². The number of halogens is 2. The van der Waals surface area contributed by atoms with Crippen LogP contribution in [-0.2, 0) is 16.0 Å². The first-order valence-corrected chi connectivity index (χ1v) is 13.0. The second-order valence-electron chi connectivity index (χ2n) is 8.50. The van der Waals surface area contributed by atoms with Crippen LogP contribution in [0.5, 0.6) is 5.75 Å². The number of fused-ring (bicyclic) bond motifs is 1. The first-order chi connectivity index (χ1) is 17.5. The summed E-state index contributed by atoms with van der Waals surface area (Å²) in [5.74, 6) is -0.413. The summed E-state index contributed by atoms with van der Waals surface area (Å²) in [5, 5.41) is 2.47. The van der Waals surface area contributed by atoms with Gasteiger partial charge in [-0.25, -0.2) is 4.39 Å². The highest BCUT2D eigenvalue weighted by Crippen LogP contribution is 2.34. The molecule has 0 radical (unpaired) electrons. The highest BCUT2D eigenvalue weighted by atomic mass is 35.5. The van der Waals surface area contributed by atoms with Crippen LogP contribution >= 0.6 is 22.9 Å². The Kier molecular flexibility index (Phi) is 8.96. The lowest BCUT2D eigenvalue weighted by molar-refractivity contribution is -0.135. The van der Waals surface area contributed by atoms with Crippen molar-refractivity contribution in [1.82, 2.24) is 9.80 Å². The van der Waals surface area contributed by atoms with Gasteiger partial charge in [-0.15, -0.1) is 11.3 Å². The Morgan fingerprint density at radius 3 is 2.81 bits per heavy atom. The standard InChI is InChI=1S/C27H28ClFN2O4S/c1-34-13-4-11-30(27(33)19-5-2-6-20(28)15-19)17-26(32)31-12-9-25-23(10-14-36-25)24(31)18-35-22-8-3-7-21(29)16-22/h2-3,5-8,10,14-16,24H,4,9,11-13,17-18H2,1H3/t24-/m0/s1. The van der Waals surface area contributed by atoms with Crippen molar-refractivity contribution in [2.75, 3.05) is 40.0 Å². The van der Waals surface area contributed by atoms with Crippen molar-refractivity contribution in [3.63, 3.8) is 0 Å². The minimum Gasteiger partial charge on any atom is -0.491 e. The summed E-state index contributed by atoms with van der Waals surface area (Å²) in [7, 11) is 1.60. The van der Waals surface area contributed by atoms with Gasteiger partial charge in [0.25, 0.3) is 5.91 Å². The summed E-state index contributed by atoms with van der Waals surface area (Å²) in [4.78, 5) is 31.4. The molecule has 0 spiro atoms. The predicted molar refractivity (Wildman–Crippen MR) is 138 cm³/mol. The normalized spacial score (nSPS) is 14.9. The molecule has 9 heteroatoms. The third-order valence-corrected chi connectivity index (χ3v) is 7.31. The number of carbonyl (C=O) groups excluding carboxylic acids is 2. The largest absolute Gasteiger partial charge is 0.491 e. The van der Waals surface area contributed by atoms with Gasteiger partial charge in [-0.05, 0) is 60.2 Å². The van der Waals surface area contributed by atoms with Crippen molar-refractivity contribution in [2.45, 2.75) is 18.9 Å². The van der Waals surface area contributed by atoms with Crippen molar-refractivity contribution < 1.29 is 23.5 Å². The zero-order chi connectivity index (χ0) is 25.5. The van der Waals surface area contributed by atoms with Gasteiger partial charge in [-0.1, -0.05) is 23.7 Å². The van der Waals surface area contributed by atoms with Gasteiger partial charge >= 0.3 is 0 Å². The first kappa shape index (κ1) is 26.1. The summed E-state index contributed by atoms with van der Waals surface area (Å²) in [6.07, 6.45) is 1.33. The molecule has 3 aromatic rings. The van der Waals surface area contributed by atoms with E-state index in [0.29, 0.717) is 42.5 Å². The van der Waals surface area contributed by atoms with Crippen molar-refractivity contribution in [2.24, 2.45) is 0 Å². The zero-order valence-electron chi connectivity index (χ0n) is 20.0. The van der Waals surface area contributed by atoms with Gasteiger partial charge in [0, 0.05) is 48.3 Å². The number of methoxy groups -OCH3 is 1. The lowest BCUT2D eigenvalue weighted by Crippen LogP contribution is -2.48. The zero-order valence-corrected chi connectivity index (χ0v) is 21.6. The molecule has 0 unspecified atom stereocenters. The number of ether oxygens (including phenoxy) is 2. The molecule has 1 aliphatic rings. The average molecular weight is 531 g/mol. The highest BCUT2D eigenvalue weighted by Gasteiger charge is 2.33. The number of thiophene rings is 1. The van der Waals surface area contributed by atoms with E-state index in [1.807, 2.05) is 11.4 Å². The van der Waals surface area contributed by atoms with Crippen LogP contribution in [0.25, 0.3) is 0 Å². The maximum absolute atomic E-state index is 13.6. The monoisotopic (exact) mass is 530 g/mol. The Labute approximate surface area is 219 Å². The number of amides is 2. The maximum Gasteiger partial charge on any atom is 0.254 e. The fourth-order valence-electron chi connectivity index (χ4n) is 4.32. The molecule has 2 amide bonds. The smallest absolute Gasteiger partial charge is 0.254 e. The fourth-order valence-corrected chi connectivity index (χ4v) is 5.44. The van der Waals surface area contributed by atoms with Crippen molar-refractivity contribution in [3.8, 4) is 5.75 Å². The molecule has 4 rings (SSSR count). The molecule has 0 aliphatic carbocycles. The molecule has 0 bridgehead atoms. The molecule has 1 atom stereocenters. The molecular weight excluding hydrogens is 503 g/mol. The molecule has 0 fully saturated rings. The molecular formula is C27H28ClFN2O4S. The van der Waals surface area contributed by atoms with Gasteiger partial charge in [0.2, 0.25) is 5.91 Å². The average Bonchev–Trinajstić information content (AvgIpc) is 3.35. The van der Waals surface area contributed by atoms with E-state index in [0.717, 1.165) is 12.0 Å². The van der Waals surface area contributed by atoms with Gasteiger partial charge in [0.15, 0.2) is 0 Å². The first-order valence-electron chi connectivity index (χ1n) is 11.7. The number of carbonyl (C=O) groups is 2. The fraction of sp³-hybridized carbons (Fsp3) is 0.333.